The molecule has 1 aromatic heterocycles. The molecule has 1 unspecified atom stereocenters. The van der Waals surface area contributed by atoms with Crippen LogP contribution in [0.15, 0.2) is 78.4 Å². The number of hydrogen-bond donors (Lipinski definition) is 1. The van der Waals surface area contributed by atoms with E-state index in [9.17, 15) is 24.8 Å². The second-order valence-corrected chi connectivity index (χ2v) is 10.1. The Morgan fingerprint density at radius 3 is 2.38 bits per heavy atom. The molecule has 0 spiro atoms. The lowest BCUT2D eigenvalue weighted by Gasteiger charge is -2.22. The summed E-state index contributed by atoms with van der Waals surface area (Å²) in [6.45, 7) is 4.07. The Bertz CT molecular complexity index is 1610. The van der Waals surface area contributed by atoms with E-state index in [2.05, 4.69) is 10.2 Å². The minimum Gasteiger partial charge on any atom is -0.507 e. The number of aromatic nitrogens is 2. The summed E-state index contributed by atoms with van der Waals surface area (Å²) in [7, 11) is 0. The second kappa shape index (κ2) is 10.5. The van der Waals surface area contributed by atoms with Crippen molar-refractivity contribution >= 4 is 39.6 Å². The van der Waals surface area contributed by atoms with Gasteiger partial charge in [0.25, 0.3) is 11.5 Å². The molecule has 4 aromatic rings. The minimum absolute atomic E-state index is 0.149. The standard InChI is InChI=1S/C28H22N4O6S/c1-16-4-3-5-18(14-16)15-38-22-12-8-20(9-13-22)25(33)23-24(19-6-10-21(11-7-19)32(36)37)31(27(35)26(23)34)28-30-29-17(2)39-28/h3-14,24,33H,15H2,1-2H3/b25-23+. The largest absolute Gasteiger partial charge is 0.507 e. The molecule has 1 atom stereocenters. The van der Waals surface area contributed by atoms with E-state index >= 15 is 0 Å². The zero-order valence-corrected chi connectivity index (χ0v) is 21.7. The van der Waals surface area contributed by atoms with Crippen LogP contribution in [-0.4, -0.2) is 31.9 Å². The van der Waals surface area contributed by atoms with Gasteiger partial charge in [0.1, 0.15) is 23.1 Å². The Hall–Kier alpha value is -4.90. The zero-order chi connectivity index (χ0) is 27.7. The van der Waals surface area contributed by atoms with Gasteiger partial charge < -0.3 is 9.84 Å². The summed E-state index contributed by atoms with van der Waals surface area (Å²) in [4.78, 5) is 38.2. The molecular formula is C28H22N4O6S. The van der Waals surface area contributed by atoms with Crippen molar-refractivity contribution in [2.75, 3.05) is 4.90 Å². The maximum atomic E-state index is 13.2. The number of ether oxygens (including phenoxy) is 1. The van der Waals surface area contributed by atoms with Gasteiger partial charge in [-0.15, -0.1) is 10.2 Å². The van der Waals surface area contributed by atoms with E-state index in [0.717, 1.165) is 22.5 Å². The fourth-order valence-corrected chi connectivity index (χ4v) is 5.05. The number of nitro groups is 1. The van der Waals surface area contributed by atoms with Gasteiger partial charge in [-0.05, 0) is 61.4 Å². The number of non-ortho nitro benzene ring substituents is 1. The molecule has 0 aliphatic carbocycles. The molecule has 1 aliphatic heterocycles. The lowest BCUT2D eigenvalue weighted by atomic mass is 9.95. The van der Waals surface area contributed by atoms with Crippen molar-refractivity contribution in [2.24, 2.45) is 0 Å². The molecule has 39 heavy (non-hydrogen) atoms. The van der Waals surface area contributed by atoms with Crippen LogP contribution < -0.4 is 9.64 Å². The second-order valence-electron chi connectivity index (χ2n) is 8.92. The zero-order valence-electron chi connectivity index (χ0n) is 20.9. The molecule has 1 saturated heterocycles. The Morgan fingerprint density at radius 1 is 1.05 bits per heavy atom. The highest BCUT2D eigenvalue weighted by molar-refractivity contribution is 7.15. The fraction of sp³-hybridized carbons (Fsp3) is 0.143. The molecule has 0 bridgehead atoms. The van der Waals surface area contributed by atoms with Crippen LogP contribution in [0.5, 0.6) is 5.75 Å². The van der Waals surface area contributed by atoms with Gasteiger partial charge in [-0.3, -0.25) is 24.6 Å². The Kier molecular flexibility index (Phi) is 6.90. The van der Waals surface area contributed by atoms with Crippen LogP contribution in [0.25, 0.3) is 5.76 Å². The third-order valence-electron chi connectivity index (χ3n) is 6.20. The number of Topliss-reactive ketones (excluding diaryl/α,β-unsaturated/α-hetero) is 1. The predicted molar refractivity (Wildman–Crippen MR) is 144 cm³/mol. The lowest BCUT2D eigenvalue weighted by molar-refractivity contribution is -0.384. The number of carbonyl (C=O) groups is 2. The number of carbonyl (C=O) groups excluding carboxylic acids is 2. The van der Waals surface area contributed by atoms with Crippen molar-refractivity contribution < 1.29 is 24.4 Å². The van der Waals surface area contributed by atoms with E-state index in [0.29, 0.717) is 28.5 Å². The lowest BCUT2D eigenvalue weighted by Crippen LogP contribution is -2.29. The molecule has 0 radical (unpaired) electrons. The molecule has 11 heteroatoms. The van der Waals surface area contributed by atoms with Crippen molar-refractivity contribution in [1.82, 2.24) is 10.2 Å². The van der Waals surface area contributed by atoms with Crippen molar-refractivity contribution in [3.63, 3.8) is 0 Å². The summed E-state index contributed by atoms with van der Waals surface area (Å²) in [6.07, 6.45) is 0. The number of nitrogens with zero attached hydrogens (tertiary/aromatic N) is 4. The van der Waals surface area contributed by atoms with Crippen LogP contribution in [-0.2, 0) is 16.2 Å². The van der Waals surface area contributed by atoms with E-state index in [1.165, 1.54) is 29.2 Å². The smallest absolute Gasteiger partial charge is 0.301 e. The Labute approximate surface area is 227 Å². The summed E-state index contributed by atoms with van der Waals surface area (Å²) in [6, 6.07) is 18.9. The number of benzene rings is 3. The highest BCUT2D eigenvalue weighted by Crippen LogP contribution is 2.43. The average Bonchev–Trinajstić information content (AvgIpc) is 3.47. The summed E-state index contributed by atoms with van der Waals surface area (Å²) in [5, 5.41) is 31.2. The van der Waals surface area contributed by atoms with Crippen LogP contribution in [0.3, 0.4) is 0 Å². The van der Waals surface area contributed by atoms with Crippen LogP contribution >= 0.6 is 11.3 Å². The van der Waals surface area contributed by atoms with Gasteiger partial charge in [0, 0.05) is 17.7 Å². The topological polar surface area (TPSA) is 136 Å². The maximum Gasteiger partial charge on any atom is 0.301 e. The highest BCUT2D eigenvalue weighted by Gasteiger charge is 2.48. The van der Waals surface area contributed by atoms with Crippen LogP contribution in [0.2, 0.25) is 0 Å². The van der Waals surface area contributed by atoms with Crippen molar-refractivity contribution in [2.45, 2.75) is 26.5 Å². The van der Waals surface area contributed by atoms with E-state index in [1.54, 1.807) is 31.2 Å². The first-order valence-electron chi connectivity index (χ1n) is 11.9. The number of hydrogen-bond acceptors (Lipinski definition) is 9. The molecule has 1 N–H and O–H groups in total. The molecular weight excluding hydrogens is 520 g/mol. The Morgan fingerprint density at radius 2 is 1.77 bits per heavy atom. The van der Waals surface area contributed by atoms with Gasteiger partial charge in [0.2, 0.25) is 5.13 Å². The summed E-state index contributed by atoms with van der Waals surface area (Å²) < 4.78 is 5.85. The fourth-order valence-electron chi connectivity index (χ4n) is 4.34. The van der Waals surface area contributed by atoms with Gasteiger partial charge >= 0.3 is 5.91 Å². The number of rotatable bonds is 7. The van der Waals surface area contributed by atoms with Crippen molar-refractivity contribution in [3.05, 3.63) is 116 Å². The highest BCUT2D eigenvalue weighted by atomic mass is 32.1. The third kappa shape index (κ3) is 5.12. The molecule has 1 amide bonds. The predicted octanol–water partition coefficient (Wildman–Crippen LogP) is 5.27. The van der Waals surface area contributed by atoms with Crippen LogP contribution in [0.4, 0.5) is 10.8 Å². The molecule has 196 valence electrons. The number of anilines is 1. The van der Waals surface area contributed by atoms with Gasteiger partial charge in [0.15, 0.2) is 0 Å². The summed E-state index contributed by atoms with van der Waals surface area (Å²) in [5.74, 6) is -1.60. The number of aryl methyl sites for hydroxylation is 2. The minimum atomic E-state index is -1.06. The first-order chi connectivity index (χ1) is 18.7. The number of ketones is 1. The SMILES string of the molecule is Cc1cccc(COc2ccc(/C(O)=C3\C(=O)C(=O)N(c4nnc(C)s4)C3c3ccc([N+](=O)[O-])cc3)cc2)c1. The van der Waals surface area contributed by atoms with Crippen molar-refractivity contribution in [1.29, 1.82) is 0 Å². The quantitative estimate of drug-likeness (QED) is 0.110. The summed E-state index contributed by atoms with van der Waals surface area (Å²) >= 11 is 1.11. The molecule has 3 aromatic carbocycles. The number of amides is 1. The maximum absolute atomic E-state index is 13.2. The van der Waals surface area contributed by atoms with Crippen LogP contribution in [0.1, 0.15) is 33.3 Å². The first-order valence-corrected chi connectivity index (χ1v) is 12.7. The molecule has 5 rings (SSSR count). The number of aliphatic hydroxyl groups excluding tert-OH is 1. The third-order valence-corrected chi connectivity index (χ3v) is 7.04. The first kappa shape index (κ1) is 25.7. The van der Waals surface area contributed by atoms with Gasteiger partial charge in [-0.1, -0.05) is 41.2 Å². The Balaban J connectivity index is 1.51. The molecule has 10 nitrogen and oxygen atoms in total. The monoisotopic (exact) mass is 542 g/mol. The van der Waals surface area contributed by atoms with E-state index in [1.807, 2.05) is 31.2 Å². The normalized spacial score (nSPS) is 16.5. The van der Waals surface area contributed by atoms with Crippen molar-refractivity contribution in [3.8, 4) is 5.75 Å². The van der Waals surface area contributed by atoms with Gasteiger partial charge in [-0.2, -0.15) is 0 Å². The molecule has 0 saturated carbocycles. The number of aliphatic hydroxyl groups is 1. The van der Waals surface area contributed by atoms with Gasteiger partial charge in [-0.25, -0.2) is 0 Å². The number of nitro benzene ring substituents is 1. The van der Waals surface area contributed by atoms with E-state index in [-0.39, 0.29) is 22.2 Å². The molecule has 2 heterocycles. The molecule has 1 fully saturated rings. The molecule has 1 aliphatic rings. The van der Waals surface area contributed by atoms with E-state index < -0.39 is 22.7 Å². The van der Waals surface area contributed by atoms with Crippen LogP contribution in [0, 0.1) is 24.0 Å². The summed E-state index contributed by atoms with van der Waals surface area (Å²) in [5.41, 5.74) is 2.53. The van der Waals surface area contributed by atoms with Gasteiger partial charge in [0.05, 0.1) is 16.5 Å². The van der Waals surface area contributed by atoms with E-state index in [4.69, 9.17) is 4.74 Å². The average molecular weight is 543 g/mol.